The van der Waals surface area contributed by atoms with E-state index in [0.717, 1.165) is 27.6 Å². The largest absolute Gasteiger partial charge is 0.208 e. The Balaban J connectivity index is 0.893. The summed E-state index contributed by atoms with van der Waals surface area (Å²) in [4.78, 5) is 15.0. The molecule has 0 unspecified atom stereocenters. The Morgan fingerprint density at radius 3 is 1.47 bits per heavy atom. The van der Waals surface area contributed by atoms with Gasteiger partial charge in [0.1, 0.15) is 0 Å². The van der Waals surface area contributed by atoms with Gasteiger partial charge in [0, 0.05) is 16.7 Å². The molecule has 0 bridgehead atoms. The lowest BCUT2D eigenvalue weighted by Gasteiger charge is -2.13. The molecule has 60 heavy (non-hydrogen) atoms. The van der Waals surface area contributed by atoms with Gasteiger partial charge >= 0.3 is 0 Å². The maximum absolute atomic E-state index is 5.05. The highest BCUT2D eigenvalue weighted by Gasteiger charge is 2.21. The van der Waals surface area contributed by atoms with Crippen LogP contribution < -0.4 is 0 Å². The summed E-state index contributed by atoms with van der Waals surface area (Å²) in [6, 6.07) is 76.1. The van der Waals surface area contributed by atoms with Crippen molar-refractivity contribution in [1.29, 1.82) is 0 Å². The first-order valence-electron chi connectivity index (χ1n) is 20.4. The first-order valence-corrected chi connectivity index (χ1v) is 20.4. The van der Waals surface area contributed by atoms with Crippen LogP contribution in [-0.4, -0.2) is 15.0 Å². The normalized spacial score (nSPS) is 11.7. The van der Waals surface area contributed by atoms with E-state index in [0.29, 0.717) is 17.5 Å². The molecule has 3 heteroatoms. The maximum atomic E-state index is 5.05. The highest BCUT2D eigenvalue weighted by Crippen LogP contribution is 2.48. The Hall–Kier alpha value is -8.01. The minimum Gasteiger partial charge on any atom is -0.208 e. The predicted molar refractivity (Wildman–Crippen MR) is 249 cm³/mol. The van der Waals surface area contributed by atoms with Crippen molar-refractivity contribution < 1.29 is 0 Å². The first-order chi connectivity index (χ1) is 29.7. The highest BCUT2D eigenvalue weighted by molar-refractivity contribution is 6.15. The molecule has 11 aromatic rings. The van der Waals surface area contributed by atoms with E-state index in [2.05, 4.69) is 182 Å². The average Bonchev–Trinajstić information content (AvgIpc) is 3.65. The third-order valence-corrected chi connectivity index (χ3v) is 12.0. The van der Waals surface area contributed by atoms with Crippen molar-refractivity contribution >= 4 is 32.3 Å². The quantitative estimate of drug-likeness (QED) is 0.169. The number of rotatable bonds is 6. The highest BCUT2D eigenvalue weighted by atomic mass is 15.0. The summed E-state index contributed by atoms with van der Waals surface area (Å²) in [5.41, 5.74) is 15.2. The number of benzene rings is 10. The number of nitrogens with zero attached hydrogens (tertiary/aromatic N) is 3. The second-order valence-electron chi connectivity index (χ2n) is 15.6. The fourth-order valence-corrected chi connectivity index (χ4v) is 9.02. The van der Waals surface area contributed by atoms with Crippen LogP contribution in [0.5, 0.6) is 0 Å². The van der Waals surface area contributed by atoms with Crippen LogP contribution in [0.3, 0.4) is 0 Å². The summed E-state index contributed by atoms with van der Waals surface area (Å²) in [5, 5.41) is 7.41. The maximum Gasteiger partial charge on any atom is 0.164 e. The zero-order valence-corrected chi connectivity index (χ0v) is 32.5. The van der Waals surface area contributed by atoms with E-state index in [-0.39, 0.29) is 0 Å². The zero-order chi connectivity index (χ0) is 39.6. The molecule has 0 fully saturated rings. The summed E-state index contributed by atoms with van der Waals surface area (Å²) in [6.07, 6.45) is 0. The monoisotopic (exact) mass is 761 g/mol. The van der Waals surface area contributed by atoms with Crippen LogP contribution >= 0.6 is 0 Å². The number of hydrogen-bond acceptors (Lipinski definition) is 3. The Kier molecular flexibility index (Phi) is 7.85. The van der Waals surface area contributed by atoms with Crippen LogP contribution in [0.1, 0.15) is 0 Å². The second kappa shape index (κ2) is 13.8. The van der Waals surface area contributed by atoms with Gasteiger partial charge < -0.3 is 0 Å². The molecule has 0 saturated heterocycles. The molecule has 0 spiro atoms. The van der Waals surface area contributed by atoms with E-state index in [1.54, 1.807) is 0 Å². The molecular weight excluding hydrogens is 727 g/mol. The Morgan fingerprint density at radius 1 is 0.217 bits per heavy atom. The fraction of sp³-hybridized carbons (Fsp3) is 0. The van der Waals surface area contributed by atoms with Crippen LogP contribution in [0.15, 0.2) is 212 Å². The van der Waals surface area contributed by atoms with Gasteiger partial charge in [0.25, 0.3) is 0 Å². The summed E-state index contributed by atoms with van der Waals surface area (Å²) in [6.45, 7) is 0. The van der Waals surface area contributed by atoms with Crippen molar-refractivity contribution in [2.75, 3.05) is 0 Å². The smallest absolute Gasteiger partial charge is 0.164 e. The van der Waals surface area contributed by atoms with E-state index in [4.69, 9.17) is 15.0 Å². The van der Waals surface area contributed by atoms with E-state index < -0.39 is 0 Å². The molecule has 0 radical (unpaired) electrons. The van der Waals surface area contributed by atoms with E-state index >= 15 is 0 Å². The third kappa shape index (κ3) is 5.79. The number of aromatic nitrogens is 3. The summed E-state index contributed by atoms with van der Waals surface area (Å²) in [5.74, 6) is 1.94. The van der Waals surface area contributed by atoms with Crippen molar-refractivity contribution in [3.05, 3.63) is 212 Å². The summed E-state index contributed by atoms with van der Waals surface area (Å²) < 4.78 is 0. The topological polar surface area (TPSA) is 38.7 Å². The number of fused-ring (bicyclic) bond motifs is 5. The van der Waals surface area contributed by atoms with Crippen molar-refractivity contribution in [1.82, 2.24) is 15.0 Å². The standard InChI is InChI=1S/C57H35N3/c1-2-11-41(12-3-1)55-58-56(60-57(59-55)46-29-24-36-10-4-5-13-43(36)32-46)42-27-25-39(26-28-42)52-35-47(33-45-14-6-7-17-48(45)52)38-22-20-37(21-23-38)44-30-31-49-50-18-8-15-40-16-9-19-51(54(40)50)53(49)34-44/h1-35H. The molecule has 0 N–H and O–H groups in total. The molecule has 0 saturated carbocycles. The lowest BCUT2D eigenvalue weighted by Crippen LogP contribution is -2.00. The van der Waals surface area contributed by atoms with Gasteiger partial charge in [0.2, 0.25) is 0 Å². The van der Waals surface area contributed by atoms with Crippen LogP contribution in [0.4, 0.5) is 0 Å². The molecule has 12 rings (SSSR count). The van der Waals surface area contributed by atoms with Gasteiger partial charge in [-0.2, -0.15) is 0 Å². The SMILES string of the molecule is c1ccc(-c2nc(-c3ccc(-c4cc(-c5ccc(-c6ccc7c(c6)-c6cccc8cccc-7c68)cc5)cc5ccccc45)cc3)nc(-c3ccc4ccccc4c3)n2)cc1. The molecule has 0 amide bonds. The van der Waals surface area contributed by atoms with Crippen LogP contribution in [0.2, 0.25) is 0 Å². The van der Waals surface area contributed by atoms with Gasteiger partial charge in [-0.15, -0.1) is 0 Å². The van der Waals surface area contributed by atoms with Gasteiger partial charge in [0.05, 0.1) is 0 Å². The molecule has 278 valence electrons. The summed E-state index contributed by atoms with van der Waals surface area (Å²) >= 11 is 0. The molecule has 10 aromatic carbocycles. The third-order valence-electron chi connectivity index (χ3n) is 12.0. The molecule has 0 aliphatic heterocycles. The molecule has 1 aliphatic rings. The second-order valence-corrected chi connectivity index (χ2v) is 15.6. The van der Waals surface area contributed by atoms with Crippen molar-refractivity contribution in [3.63, 3.8) is 0 Å². The van der Waals surface area contributed by atoms with Crippen LogP contribution in [0.25, 0.3) is 122 Å². The minimum atomic E-state index is 0.641. The van der Waals surface area contributed by atoms with Gasteiger partial charge in [0.15, 0.2) is 17.5 Å². The van der Waals surface area contributed by atoms with Crippen LogP contribution in [-0.2, 0) is 0 Å². The molecule has 1 heterocycles. The average molecular weight is 762 g/mol. The molecule has 0 atom stereocenters. The lowest BCUT2D eigenvalue weighted by molar-refractivity contribution is 1.07. The molecular formula is C57H35N3. The molecule has 1 aromatic heterocycles. The Labute approximate surface area is 348 Å². The van der Waals surface area contributed by atoms with E-state index in [1.165, 1.54) is 77.0 Å². The van der Waals surface area contributed by atoms with Crippen molar-refractivity contribution in [2.24, 2.45) is 0 Å². The van der Waals surface area contributed by atoms with Crippen molar-refractivity contribution in [2.45, 2.75) is 0 Å². The van der Waals surface area contributed by atoms with Gasteiger partial charge in [-0.25, -0.2) is 15.0 Å². The lowest BCUT2D eigenvalue weighted by atomic mass is 9.91. The Bertz CT molecular complexity index is 3460. The Morgan fingerprint density at radius 2 is 0.717 bits per heavy atom. The molecule has 3 nitrogen and oxygen atoms in total. The minimum absolute atomic E-state index is 0.641. The van der Waals surface area contributed by atoms with Gasteiger partial charge in [-0.3, -0.25) is 0 Å². The van der Waals surface area contributed by atoms with Gasteiger partial charge in [-0.1, -0.05) is 188 Å². The van der Waals surface area contributed by atoms with E-state index in [9.17, 15) is 0 Å². The summed E-state index contributed by atoms with van der Waals surface area (Å²) in [7, 11) is 0. The first kappa shape index (κ1) is 34.1. The predicted octanol–water partition coefficient (Wildman–Crippen LogP) is 15.0. The zero-order valence-electron chi connectivity index (χ0n) is 32.5. The van der Waals surface area contributed by atoms with Gasteiger partial charge in [-0.05, 0) is 112 Å². The van der Waals surface area contributed by atoms with Crippen molar-refractivity contribution in [3.8, 4) is 89.8 Å². The number of hydrogen-bond donors (Lipinski definition) is 0. The van der Waals surface area contributed by atoms with Crippen LogP contribution in [0, 0.1) is 0 Å². The van der Waals surface area contributed by atoms with E-state index in [1.807, 2.05) is 30.3 Å². The molecule has 1 aliphatic carbocycles. The fourth-order valence-electron chi connectivity index (χ4n) is 9.02.